The SMILES string of the molecule is O=CCC1CCN(c2ccc([C@@H]3CCC(=O)NC3=O)cc2F)CC1. The summed E-state index contributed by atoms with van der Waals surface area (Å²) in [7, 11) is 0. The third-order valence-electron chi connectivity index (χ3n) is 5.00. The Kier molecular flexibility index (Phi) is 4.92. The fourth-order valence-corrected chi connectivity index (χ4v) is 3.55. The van der Waals surface area contributed by atoms with Crippen molar-refractivity contribution in [2.45, 2.75) is 38.0 Å². The highest BCUT2D eigenvalue weighted by Crippen LogP contribution is 2.31. The Labute approximate surface area is 140 Å². The van der Waals surface area contributed by atoms with Gasteiger partial charge in [-0.3, -0.25) is 14.9 Å². The smallest absolute Gasteiger partial charge is 0.234 e. The van der Waals surface area contributed by atoms with E-state index >= 15 is 0 Å². The van der Waals surface area contributed by atoms with E-state index in [9.17, 15) is 18.8 Å². The average molecular weight is 332 g/mol. The van der Waals surface area contributed by atoms with Gasteiger partial charge in [0.15, 0.2) is 0 Å². The molecule has 0 unspecified atom stereocenters. The van der Waals surface area contributed by atoms with Gasteiger partial charge in [0.25, 0.3) is 0 Å². The Balaban J connectivity index is 1.70. The lowest BCUT2D eigenvalue weighted by atomic mass is 9.90. The molecule has 0 aliphatic carbocycles. The number of hydrogen-bond acceptors (Lipinski definition) is 4. The van der Waals surface area contributed by atoms with Gasteiger partial charge in [0.05, 0.1) is 11.6 Å². The number of piperidine rings is 2. The zero-order chi connectivity index (χ0) is 17.1. The van der Waals surface area contributed by atoms with Crippen LogP contribution in [0.3, 0.4) is 0 Å². The number of carbonyl (C=O) groups excluding carboxylic acids is 3. The Hall–Kier alpha value is -2.24. The number of nitrogens with one attached hydrogen (secondary N) is 1. The molecule has 1 aromatic rings. The Morgan fingerprint density at radius 2 is 1.96 bits per heavy atom. The first-order valence-corrected chi connectivity index (χ1v) is 8.40. The molecule has 2 saturated heterocycles. The number of rotatable bonds is 4. The van der Waals surface area contributed by atoms with Crippen LogP contribution in [0.5, 0.6) is 0 Å². The normalized spacial score (nSPS) is 22.4. The van der Waals surface area contributed by atoms with Gasteiger partial charge < -0.3 is 9.69 Å². The van der Waals surface area contributed by atoms with Gasteiger partial charge in [-0.1, -0.05) is 6.07 Å². The van der Waals surface area contributed by atoms with Crippen LogP contribution < -0.4 is 10.2 Å². The number of benzene rings is 1. The van der Waals surface area contributed by atoms with Crippen molar-refractivity contribution in [3.05, 3.63) is 29.6 Å². The number of nitrogens with zero attached hydrogens (tertiary/aromatic N) is 1. The summed E-state index contributed by atoms with van der Waals surface area (Å²) in [6, 6.07) is 4.90. The Morgan fingerprint density at radius 1 is 1.21 bits per heavy atom. The van der Waals surface area contributed by atoms with Gasteiger partial charge in [0.1, 0.15) is 12.1 Å². The minimum atomic E-state index is -0.468. The fourth-order valence-electron chi connectivity index (χ4n) is 3.55. The molecule has 1 atom stereocenters. The van der Waals surface area contributed by atoms with Crippen LogP contribution in [0.2, 0.25) is 0 Å². The van der Waals surface area contributed by atoms with Gasteiger partial charge in [-0.25, -0.2) is 4.39 Å². The standard InChI is InChI=1S/C18H21FN2O3/c19-15-11-13(14-2-4-17(23)20-18(14)24)1-3-16(15)21-8-5-12(6-9-21)7-10-22/h1,3,10-12,14H,2,4-9H2,(H,20,23,24)/t14-/m0/s1. The summed E-state index contributed by atoms with van der Waals surface area (Å²) in [5.41, 5.74) is 1.15. The number of carbonyl (C=O) groups is 3. The topological polar surface area (TPSA) is 66.5 Å². The molecule has 2 fully saturated rings. The van der Waals surface area contributed by atoms with Crippen LogP contribution in [0.15, 0.2) is 18.2 Å². The number of halogens is 1. The molecule has 128 valence electrons. The van der Waals surface area contributed by atoms with Crippen LogP contribution in [0.4, 0.5) is 10.1 Å². The maximum atomic E-state index is 14.5. The summed E-state index contributed by atoms with van der Waals surface area (Å²) < 4.78 is 14.5. The molecule has 1 aromatic carbocycles. The monoisotopic (exact) mass is 332 g/mol. The minimum absolute atomic E-state index is 0.272. The number of anilines is 1. The largest absolute Gasteiger partial charge is 0.369 e. The van der Waals surface area contributed by atoms with Crippen molar-refractivity contribution < 1.29 is 18.8 Å². The maximum Gasteiger partial charge on any atom is 0.234 e. The molecule has 5 nitrogen and oxygen atoms in total. The predicted molar refractivity (Wildman–Crippen MR) is 87.1 cm³/mol. The first kappa shape index (κ1) is 16.6. The van der Waals surface area contributed by atoms with Crippen molar-refractivity contribution in [3.63, 3.8) is 0 Å². The van der Waals surface area contributed by atoms with E-state index in [0.29, 0.717) is 30.0 Å². The molecule has 1 N–H and O–H groups in total. The Bertz CT molecular complexity index is 654. The average Bonchev–Trinajstić information content (AvgIpc) is 2.56. The second-order valence-electron chi connectivity index (χ2n) is 6.55. The fraction of sp³-hybridized carbons (Fsp3) is 0.500. The van der Waals surface area contributed by atoms with Gasteiger partial charge >= 0.3 is 0 Å². The van der Waals surface area contributed by atoms with Crippen LogP contribution in [-0.4, -0.2) is 31.2 Å². The summed E-state index contributed by atoms with van der Waals surface area (Å²) in [6.07, 6.45) is 3.99. The van der Waals surface area contributed by atoms with E-state index in [4.69, 9.17) is 0 Å². The third-order valence-corrected chi connectivity index (χ3v) is 5.00. The van der Waals surface area contributed by atoms with Crippen molar-refractivity contribution >= 4 is 23.8 Å². The summed E-state index contributed by atoms with van der Waals surface area (Å²) in [4.78, 5) is 35.7. The summed E-state index contributed by atoms with van der Waals surface area (Å²) >= 11 is 0. The number of amides is 2. The van der Waals surface area contributed by atoms with E-state index in [1.165, 1.54) is 6.07 Å². The highest BCUT2D eigenvalue weighted by atomic mass is 19.1. The number of hydrogen-bond donors (Lipinski definition) is 1. The van der Waals surface area contributed by atoms with Crippen molar-refractivity contribution in [2.75, 3.05) is 18.0 Å². The second-order valence-corrected chi connectivity index (χ2v) is 6.55. The molecule has 0 aromatic heterocycles. The molecule has 0 saturated carbocycles. The molecule has 3 rings (SSSR count). The number of aldehydes is 1. The van der Waals surface area contributed by atoms with Crippen LogP contribution >= 0.6 is 0 Å². The lowest BCUT2D eigenvalue weighted by Gasteiger charge is -2.33. The molecule has 2 heterocycles. The van der Waals surface area contributed by atoms with E-state index in [1.807, 2.05) is 4.90 Å². The minimum Gasteiger partial charge on any atom is -0.369 e. The first-order chi connectivity index (χ1) is 11.6. The van der Waals surface area contributed by atoms with E-state index < -0.39 is 5.92 Å². The van der Waals surface area contributed by atoms with Crippen molar-refractivity contribution in [1.82, 2.24) is 5.32 Å². The molecular formula is C18H21FN2O3. The zero-order valence-corrected chi connectivity index (χ0v) is 13.5. The summed E-state index contributed by atoms with van der Waals surface area (Å²) in [5, 5.41) is 2.30. The first-order valence-electron chi connectivity index (χ1n) is 8.40. The lowest BCUT2D eigenvalue weighted by Crippen LogP contribution is -2.39. The summed E-state index contributed by atoms with van der Waals surface area (Å²) in [6.45, 7) is 1.46. The van der Waals surface area contributed by atoms with E-state index in [1.54, 1.807) is 12.1 Å². The molecule has 0 spiro atoms. The molecular weight excluding hydrogens is 311 g/mol. The number of imide groups is 1. The molecule has 0 bridgehead atoms. The molecule has 2 aliphatic heterocycles. The van der Waals surface area contributed by atoms with Crippen molar-refractivity contribution in [3.8, 4) is 0 Å². The van der Waals surface area contributed by atoms with E-state index in [-0.39, 0.29) is 24.1 Å². The molecule has 24 heavy (non-hydrogen) atoms. The van der Waals surface area contributed by atoms with Crippen LogP contribution in [-0.2, 0) is 14.4 Å². The lowest BCUT2D eigenvalue weighted by molar-refractivity contribution is -0.134. The van der Waals surface area contributed by atoms with Gasteiger partial charge in [-0.15, -0.1) is 0 Å². The van der Waals surface area contributed by atoms with Crippen molar-refractivity contribution in [1.29, 1.82) is 0 Å². The molecule has 2 aliphatic rings. The van der Waals surface area contributed by atoms with Crippen LogP contribution in [0.1, 0.15) is 43.6 Å². The highest BCUT2D eigenvalue weighted by Gasteiger charge is 2.29. The van der Waals surface area contributed by atoms with Crippen LogP contribution in [0, 0.1) is 11.7 Å². The molecule has 6 heteroatoms. The van der Waals surface area contributed by atoms with E-state index in [2.05, 4.69) is 5.32 Å². The Morgan fingerprint density at radius 3 is 2.58 bits per heavy atom. The van der Waals surface area contributed by atoms with Crippen LogP contribution in [0.25, 0.3) is 0 Å². The highest BCUT2D eigenvalue weighted by molar-refractivity contribution is 6.00. The van der Waals surface area contributed by atoms with Gasteiger partial charge in [0, 0.05) is 25.9 Å². The van der Waals surface area contributed by atoms with Crippen molar-refractivity contribution in [2.24, 2.45) is 5.92 Å². The maximum absolute atomic E-state index is 14.5. The molecule has 2 amide bonds. The quantitative estimate of drug-likeness (QED) is 0.678. The summed E-state index contributed by atoms with van der Waals surface area (Å²) in [5.74, 6) is -1.04. The second kappa shape index (κ2) is 7.11. The van der Waals surface area contributed by atoms with Gasteiger partial charge in [-0.05, 0) is 42.9 Å². The predicted octanol–water partition coefficient (Wildman–Crippen LogP) is 2.15. The van der Waals surface area contributed by atoms with E-state index in [0.717, 1.165) is 32.2 Å². The van der Waals surface area contributed by atoms with Gasteiger partial charge in [-0.2, -0.15) is 0 Å². The zero-order valence-electron chi connectivity index (χ0n) is 13.5. The third kappa shape index (κ3) is 3.47. The molecule has 0 radical (unpaired) electrons. The van der Waals surface area contributed by atoms with Gasteiger partial charge in [0.2, 0.25) is 11.8 Å².